The number of rotatable bonds is 7. The van der Waals surface area contributed by atoms with Crippen LogP contribution in [0.5, 0.6) is 5.75 Å². The van der Waals surface area contributed by atoms with Crippen molar-refractivity contribution in [1.82, 2.24) is 0 Å². The van der Waals surface area contributed by atoms with E-state index >= 15 is 0 Å². The largest absolute Gasteiger partial charge is 0.493 e. The van der Waals surface area contributed by atoms with E-state index in [1.807, 2.05) is 31.2 Å². The van der Waals surface area contributed by atoms with E-state index in [1.165, 1.54) is 7.11 Å². The molecule has 0 saturated heterocycles. The zero-order valence-electron chi connectivity index (χ0n) is 11.4. The van der Waals surface area contributed by atoms with Crippen LogP contribution < -0.4 is 4.74 Å². The second-order valence-corrected chi connectivity index (χ2v) is 4.29. The molecule has 0 spiro atoms. The Kier molecular flexibility index (Phi) is 6.26. The lowest BCUT2D eigenvalue weighted by molar-refractivity contribution is -0.145. The predicted molar refractivity (Wildman–Crippen MR) is 71.7 cm³/mol. The van der Waals surface area contributed by atoms with E-state index in [9.17, 15) is 4.79 Å². The minimum atomic E-state index is -0.150. The van der Waals surface area contributed by atoms with Gasteiger partial charge in [-0.15, -0.1) is 0 Å². The van der Waals surface area contributed by atoms with Crippen molar-refractivity contribution in [2.45, 2.75) is 33.1 Å². The smallest absolute Gasteiger partial charge is 0.308 e. The minimum Gasteiger partial charge on any atom is -0.493 e. The lowest BCUT2D eigenvalue weighted by Crippen LogP contribution is -2.18. The third-order valence-electron chi connectivity index (χ3n) is 2.93. The monoisotopic (exact) mass is 250 g/mol. The Morgan fingerprint density at radius 1 is 1.28 bits per heavy atom. The van der Waals surface area contributed by atoms with Crippen LogP contribution in [0.3, 0.4) is 0 Å². The van der Waals surface area contributed by atoms with Crippen LogP contribution in [-0.2, 0) is 16.0 Å². The molecule has 100 valence electrons. The van der Waals surface area contributed by atoms with Crippen LogP contribution in [-0.4, -0.2) is 19.7 Å². The summed E-state index contributed by atoms with van der Waals surface area (Å²) in [4.78, 5) is 11.6. The molecule has 1 atom stereocenters. The lowest BCUT2D eigenvalue weighted by Gasteiger charge is -2.15. The molecule has 18 heavy (non-hydrogen) atoms. The molecule has 0 saturated carbocycles. The fourth-order valence-electron chi connectivity index (χ4n) is 1.85. The van der Waals surface area contributed by atoms with Crippen LogP contribution in [0.4, 0.5) is 0 Å². The zero-order valence-corrected chi connectivity index (χ0v) is 11.4. The first kappa shape index (κ1) is 14.6. The molecule has 3 heteroatoms. The summed E-state index contributed by atoms with van der Waals surface area (Å²) in [6.07, 6.45) is 2.42. The number of ether oxygens (including phenoxy) is 2. The van der Waals surface area contributed by atoms with Crippen molar-refractivity contribution in [1.29, 1.82) is 0 Å². The van der Waals surface area contributed by atoms with Gasteiger partial charge in [-0.3, -0.25) is 4.79 Å². The van der Waals surface area contributed by atoms with E-state index in [2.05, 4.69) is 6.92 Å². The highest BCUT2D eigenvalue weighted by Crippen LogP contribution is 2.23. The Bertz CT molecular complexity index is 374. The predicted octanol–water partition coefficient (Wildman–Crippen LogP) is 3.22. The van der Waals surface area contributed by atoms with Crippen molar-refractivity contribution in [3.63, 3.8) is 0 Å². The van der Waals surface area contributed by atoms with Gasteiger partial charge in [0.1, 0.15) is 5.75 Å². The van der Waals surface area contributed by atoms with Gasteiger partial charge in [-0.2, -0.15) is 0 Å². The standard InChI is InChI=1S/C15H22O3/c1-4-10-18-14-9-7-6-8-13(14)11-12(5-2)15(16)17-3/h6-9,12H,4-5,10-11H2,1-3H3. The number of benzene rings is 1. The van der Waals surface area contributed by atoms with Gasteiger partial charge in [0.05, 0.1) is 19.6 Å². The van der Waals surface area contributed by atoms with Crippen molar-refractivity contribution in [2.75, 3.05) is 13.7 Å². The first-order valence-electron chi connectivity index (χ1n) is 6.51. The first-order valence-corrected chi connectivity index (χ1v) is 6.51. The maximum Gasteiger partial charge on any atom is 0.308 e. The molecular weight excluding hydrogens is 228 g/mol. The Hall–Kier alpha value is -1.51. The molecular formula is C15H22O3. The van der Waals surface area contributed by atoms with Gasteiger partial charge in [0.25, 0.3) is 0 Å². The first-order chi connectivity index (χ1) is 8.72. The van der Waals surface area contributed by atoms with E-state index in [0.717, 1.165) is 24.2 Å². The number of carbonyl (C=O) groups is 1. The highest BCUT2D eigenvalue weighted by atomic mass is 16.5. The fraction of sp³-hybridized carbons (Fsp3) is 0.533. The van der Waals surface area contributed by atoms with Crippen LogP contribution >= 0.6 is 0 Å². The minimum absolute atomic E-state index is 0.0959. The Labute approximate surface area is 109 Å². The van der Waals surface area contributed by atoms with Gasteiger partial charge in [-0.05, 0) is 30.9 Å². The van der Waals surface area contributed by atoms with Crippen LogP contribution in [0.2, 0.25) is 0 Å². The van der Waals surface area contributed by atoms with Crippen LogP contribution in [0.15, 0.2) is 24.3 Å². The maximum absolute atomic E-state index is 11.6. The molecule has 0 amide bonds. The molecule has 0 heterocycles. The van der Waals surface area contributed by atoms with Crippen molar-refractivity contribution < 1.29 is 14.3 Å². The normalized spacial score (nSPS) is 11.9. The molecule has 1 unspecified atom stereocenters. The number of hydrogen-bond acceptors (Lipinski definition) is 3. The summed E-state index contributed by atoms with van der Waals surface area (Å²) in [7, 11) is 1.44. The molecule has 1 aromatic rings. The molecule has 3 nitrogen and oxygen atoms in total. The third-order valence-corrected chi connectivity index (χ3v) is 2.93. The summed E-state index contributed by atoms with van der Waals surface area (Å²) in [5.41, 5.74) is 1.07. The summed E-state index contributed by atoms with van der Waals surface area (Å²) < 4.78 is 10.5. The van der Waals surface area contributed by atoms with Gasteiger partial charge < -0.3 is 9.47 Å². The maximum atomic E-state index is 11.6. The number of esters is 1. The fourth-order valence-corrected chi connectivity index (χ4v) is 1.85. The highest BCUT2D eigenvalue weighted by molar-refractivity contribution is 5.72. The lowest BCUT2D eigenvalue weighted by atomic mass is 9.96. The molecule has 0 aliphatic heterocycles. The second kappa shape index (κ2) is 7.75. The number of hydrogen-bond donors (Lipinski definition) is 0. The topological polar surface area (TPSA) is 35.5 Å². The Balaban J connectivity index is 2.78. The number of methoxy groups -OCH3 is 1. The van der Waals surface area contributed by atoms with Crippen molar-refractivity contribution in [3.05, 3.63) is 29.8 Å². The molecule has 0 fully saturated rings. The van der Waals surface area contributed by atoms with Crippen LogP contribution in [0.25, 0.3) is 0 Å². The number of carbonyl (C=O) groups excluding carboxylic acids is 1. The summed E-state index contributed by atoms with van der Waals surface area (Å²) >= 11 is 0. The second-order valence-electron chi connectivity index (χ2n) is 4.29. The highest BCUT2D eigenvalue weighted by Gasteiger charge is 2.19. The Morgan fingerprint density at radius 2 is 2.00 bits per heavy atom. The van der Waals surface area contributed by atoms with Crippen molar-refractivity contribution in [2.24, 2.45) is 5.92 Å². The van der Waals surface area contributed by atoms with Gasteiger partial charge in [0, 0.05) is 0 Å². The molecule has 0 N–H and O–H groups in total. The average Bonchev–Trinajstić information content (AvgIpc) is 2.42. The van der Waals surface area contributed by atoms with Crippen LogP contribution in [0, 0.1) is 5.92 Å². The van der Waals surface area contributed by atoms with Gasteiger partial charge in [-0.1, -0.05) is 32.0 Å². The molecule has 1 aromatic carbocycles. The third kappa shape index (κ3) is 4.06. The molecule has 0 bridgehead atoms. The molecule has 0 radical (unpaired) electrons. The van der Waals surface area contributed by atoms with E-state index in [-0.39, 0.29) is 11.9 Å². The SMILES string of the molecule is CCCOc1ccccc1CC(CC)C(=O)OC. The summed E-state index contributed by atoms with van der Waals surface area (Å²) in [6.45, 7) is 4.77. The summed E-state index contributed by atoms with van der Waals surface area (Å²) in [5, 5.41) is 0. The molecule has 1 rings (SSSR count). The van der Waals surface area contributed by atoms with E-state index in [0.29, 0.717) is 13.0 Å². The van der Waals surface area contributed by atoms with E-state index < -0.39 is 0 Å². The van der Waals surface area contributed by atoms with Gasteiger partial charge in [-0.25, -0.2) is 0 Å². The zero-order chi connectivity index (χ0) is 13.4. The van der Waals surface area contributed by atoms with Gasteiger partial charge in [0.15, 0.2) is 0 Å². The van der Waals surface area contributed by atoms with Gasteiger partial charge in [0.2, 0.25) is 0 Å². The summed E-state index contributed by atoms with van der Waals surface area (Å²) in [5.74, 6) is 0.630. The number of para-hydroxylation sites is 1. The quantitative estimate of drug-likeness (QED) is 0.697. The van der Waals surface area contributed by atoms with Crippen molar-refractivity contribution >= 4 is 5.97 Å². The molecule has 0 aliphatic carbocycles. The van der Waals surface area contributed by atoms with E-state index in [1.54, 1.807) is 0 Å². The van der Waals surface area contributed by atoms with Gasteiger partial charge >= 0.3 is 5.97 Å². The van der Waals surface area contributed by atoms with E-state index in [4.69, 9.17) is 9.47 Å². The summed E-state index contributed by atoms with van der Waals surface area (Å²) in [6, 6.07) is 7.89. The van der Waals surface area contributed by atoms with Crippen molar-refractivity contribution in [3.8, 4) is 5.75 Å². The van der Waals surface area contributed by atoms with Crippen LogP contribution in [0.1, 0.15) is 32.3 Å². The molecule has 0 aliphatic rings. The average molecular weight is 250 g/mol. The Morgan fingerprint density at radius 3 is 2.61 bits per heavy atom. The molecule has 0 aromatic heterocycles.